The molecule has 0 saturated carbocycles. The maximum absolute atomic E-state index is 13.3. The molecular weight excluding hydrogens is 276 g/mol. The van der Waals surface area contributed by atoms with Crippen LogP contribution in [0, 0.1) is 5.92 Å². The van der Waals surface area contributed by atoms with Crippen molar-refractivity contribution in [1.82, 2.24) is 9.38 Å². The first-order chi connectivity index (χ1) is 9.87. The van der Waals surface area contributed by atoms with Crippen LogP contribution in [0.1, 0.15) is 30.8 Å². The summed E-state index contributed by atoms with van der Waals surface area (Å²) >= 11 is 0. The largest absolute Gasteiger partial charge is 0.365 e. The van der Waals surface area contributed by atoms with E-state index in [-0.39, 0.29) is 24.7 Å². The van der Waals surface area contributed by atoms with Gasteiger partial charge in [0.25, 0.3) is 5.92 Å². The van der Waals surface area contributed by atoms with E-state index in [2.05, 4.69) is 4.98 Å². The zero-order chi connectivity index (χ0) is 15.2. The topological polar surface area (TPSA) is 37.6 Å². The highest BCUT2D eigenvalue weighted by molar-refractivity contribution is 5.96. The minimum Gasteiger partial charge on any atom is -0.365 e. The van der Waals surface area contributed by atoms with Crippen molar-refractivity contribution in [2.24, 2.45) is 5.92 Å². The number of ketones is 1. The van der Waals surface area contributed by atoms with E-state index in [0.717, 1.165) is 0 Å². The van der Waals surface area contributed by atoms with Gasteiger partial charge in [-0.3, -0.25) is 9.20 Å². The fourth-order valence-electron chi connectivity index (χ4n) is 2.60. The molecule has 0 amide bonds. The van der Waals surface area contributed by atoms with E-state index in [1.807, 2.05) is 13.8 Å². The van der Waals surface area contributed by atoms with Crippen molar-refractivity contribution < 1.29 is 13.6 Å². The number of aromatic nitrogens is 2. The van der Waals surface area contributed by atoms with Crippen molar-refractivity contribution in [3.8, 4) is 0 Å². The fraction of sp³-hybridized carbons (Fsp3) is 0.467. The van der Waals surface area contributed by atoms with Crippen molar-refractivity contribution in [1.29, 1.82) is 0 Å². The quantitative estimate of drug-likeness (QED) is 0.816. The molecule has 0 N–H and O–H groups in total. The number of imidazole rings is 1. The third kappa shape index (κ3) is 2.50. The van der Waals surface area contributed by atoms with Crippen LogP contribution in [0.2, 0.25) is 0 Å². The fourth-order valence-corrected chi connectivity index (χ4v) is 2.60. The van der Waals surface area contributed by atoms with Gasteiger partial charge in [0, 0.05) is 36.8 Å². The van der Waals surface area contributed by atoms with Crippen molar-refractivity contribution in [3.05, 3.63) is 30.2 Å². The zero-order valence-electron chi connectivity index (χ0n) is 12.0. The predicted octanol–water partition coefficient (Wildman–Crippen LogP) is 3.02. The van der Waals surface area contributed by atoms with Crippen molar-refractivity contribution in [3.63, 3.8) is 0 Å². The summed E-state index contributed by atoms with van der Waals surface area (Å²) in [4.78, 5) is 17.9. The van der Waals surface area contributed by atoms with E-state index in [0.29, 0.717) is 23.6 Å². The molecule has 6 heteroatoms. The number of pyridine rings is 1. The molecule has 0 radical (unpaired) electrons. The molecule has 3 rings (SSSR count). The Morgan fingerprint density at radius 1 is 1.43 bits per heavy atom. The van der Waals surface area contributed by atoms with Crippen molar-refractivity contribution >= 4 is 17.1 Å². The van der Waals surface area contributed by atoms with Crippen LogP contribution >= 0.6 is 0 Å². The first-order valence-corrected chi connectivity index (χ1v) is 7.01. The Balaban J connectivity index is 1.94. The second-order valence-corrected chi connectivity index (χ2v) is 5.80. The Morgan fingerprint density at radius 2 is 2.19 bits per heavy atom. The third-order valence-corrected chi connectivity index (χ3v) is 3.81. The number of anilines is 1. The first-order valence-electron chi connectivity index (χ1n) is 7.01. The SMILES string of the molecule is CC(C)C(=O)c1cnc2cc(N3CCC(F)(F)C3)ccn12. The summed E-state index contributed by atoms with van der Waals surface area (Å²) in [7, 11) is 0. The van der Waals surface area contributed by atoms with Crippen LogP contribution in [-0.4, -0.2) is 34.2 Å². The number of alkyl halides is 2. The molecule has 4 nitrogen and oxygen atoms in total. The van der Waals surface area contributed by atoms with Crippen LogP contribution in [0.25, 0.3) is 5.65 Å². The normalized spacial score (nSPS) is 17.9. The van der Waals surface area contributed by atoms with Gasteiger partial charge >= 0.3 is 0 Å². The van der Waals surface area contributed by atoms with E-state index in [1.54, 1.807) is 33.8 Å². The summed E-state index contributed by atoms with van der Waals surface area (Å²) in [6, 6.07) is 3.51. The molecule has 0 bridgehead atoms. The van der Waals surface area contributed by atoms with Crippen LogP contribution in [-0.2, 0) is 0 Å². The second kappa shape index (κ2) is 4.79. The van der Waals surface area contributed by atoms with Gasteiger partial charge in [-0.05, 0) is 6.07 Å². The van der Waals surface area contributed by atoms with Gasteiger partial charge in [0.05, 0.1) is 12.7 Å². The van der Waals surface area contributed by atoms with E-state index < -0.39 is 5.92 Å². The molecule has 2 aromatic heterocycles. The number of Topliss-reactive ketones (excluding diaryl/α,β-unsaturated/α-hetero) is 1. The molecule has 2 aromatic rings. The molecule has 1 aliphatic rings. The molecule has 21 heavy (non-hydrogen) atoms. The number of fused-ring (bicyclic) bond motifs is 1. The van der Waals surface area contributed by atoms with Gasteiger partial charge in [0.2, 0.25) is 0 Å². The highest BCUT2D eigenvalue weighted by Gasteiger charge is 2.38. The smallest absolute Gasteiger partial charge is 0.266 e. The maximum atomic E-state index is 13.3. The lowest BCUT2D eigenvalue weighted by Gasteiger charge is -2.18. The Hall–Kier alpha value is -1.98. The van der Waals surface area contributed by atoms with Gasteiger partial charge in [0.1, 0.15) is 11.3 Å². The molecule has 1 saturated heterocycles. The monoisotopic (exact) mass is 293 g/mol. The number of nitrogens with zero attached hydrogens (tertiary/aromatic N) is 3. The molecular formula is C15H17F2N3O. The lowest BCUT2D eigenvalue weighted by atomic mass is 10.1. The summed E-state index contributed by atoms with van der Waals surface area (Å²) in [5.74, 6) is -2.72. The first kappa shape index (κ1) is 14.0. The summed E-state index contributed by atoms with van der Waals surface area (Å²) in [6.07, 6.45) is 3.15. The number of halogens is 2. The van der Waals surface area contributed by atoms with Gasteiger partial charge in [-0.2, -0.15) is 0 Å². The van der Waals surface area contributed by atoms with Gasteiger partial charge in [-0.25, -0.2) is 13.8 Å². The van der Waals surface area contributed by atoms with Gasteiger partial charge in [-0.15, -0.1) is 0 Å². The van der Waals surface area contributed by atoms with Crippen LogP contribution in [0.4, 0.5) is 14.5 Å². The Bertz CT molecular complexity index is 693. The van der Waals surface area contributed by atoms with Crippen LogP contribution in [0.3, 0.4) is 0 Å². The average Bonchev–Trinajstić information content (AvgIpc) is 3.00. The Labute approximate surface area is 121 Å². The lowest BCUT2D eigenvalue weighted by molar-refractivity contribution is 0.0257. The molecule has 0 aliphatic carbocycles. The average molecular weight is 293 g/mol. The number of carbonyl (C=O) groups excluding carboxylic acids is 1. The van der Waals surface area contributed by atoms with Gasteiger partial charge in [-0.1, -0.05) is 13.8 Å². The number of rotatable bonds is 3. The Kier molecular flexibility index (Phi) is 3.19. The van der Waals surface area contributed by atoms with E-state index in [4.69, 9.17) is 0 Å². The molecule has 112 valence electrons. The predicted molar refractivity (Wildman–Crippen MR) is 76.1 cm³/mol. The minimum atomic E-state index is -2.62. The second-order valence-electron chi connectivity index (χ2n) is 5.80. The van der Waals surface area contributed by atoms with Crippen molar-refractivity contribution in [2.45, 2.75) is 26.2 Å². The lowest BCUT2D eigenvalue weighted by Crippen LogP contribution is -2.24. The van der Waals surface area contributed by atoms with Crippen LogP contribution in [0.5, 0.6) is 0 Å². The highest BCUT2D eigenvalue weighted by atomic mass is 19.3. The zero-order valence-corrected chi connectivity index (χ0v) is 12.0. The van der Waals surface area contributed by atoms with E-state index in [9.17, 15) is 13.6 Å². The summed E-state index contributed by atoms with van der Waals surface area (Å²) < 4.78 is 28.3. The summed E-state index contributed by atoms with van der Waals surface area (Å²) in [6.45, 7) is 3.74. The van der Waals surface area contributed by atoms with E-state index >= 15 is 0 Å². The summed E-state index contributed by atoms with van der Waals surface area (Å²) in [5.41, 5.74) is 1.85. The molecule has 0 aromatic carbocycles. The number of carbonyl (C=O) groups is 1. The number of hydrogen-bond donors (Lipinski definition) is 0. The number of hydrogen-bond acceptors (Lipinski definition) is 3. The van der Waals surface area contributed by atoms with Crippen LogP contribution < -0.4 is 4.90 Å². The molecule has 0 atom stereocenters. The minimum absolute atomic E-state index is 0.0166. The third-order valence-electron chi connectivity index (χ3n) is 3.81. The van der Waals surface area contributed by atoms with Crippen LogP contribution in [0.15, 0.2) is 24.5 Å². The maximum Gasteiger partial charge on any atom is 0.266 e. The highest BCUT2D eigenvalue weighted by Crippen LogP contribution is 2.31. The van der Waals surface area contributed by atoms with Gasteiger partial charge < -0.3 is 4.90 Å². The Morgan fingerprint density at radius 3 is 2.81 bits per heavy atom. The summed E-state index contributed by atoms with van der Waals surface area (Å²) in [5, 5.41) is 0. The molecule has 1 aliphatic heterocycles. The molecule has 1 fully saturated rings. The molecule has 0 spiro atoms. The van der Waals surface area contributed by atoms with Crippen molar-refractivity contribution in [2.75, 3.05) is 18.0 Å². The van der Waals surface area contributed by atoms with E-state index in [1.165, 1.54) is 0 Å². The van der Waals surface area contributed by atoms with Gasteiger partial charge in [0.15, 0.2) is 5.78 Å². The molecule has 3 heterocycles. The standard InChI is InChI=1S/C15H17F2N3O/c1-10(2)14(21)12-8-18-13-7-11(3-5-20(12)13)19-6-4-15(16,17)9-19/h3,5,7-8,10H,4,6,9H2,1-2H3. The molecule has 0 unspecified atom stereocenters.